The molecular weight excluding hydrogens is 380 g/mol. The lowest BCUT2D eigenvalue weighted by atomic mass is 10.1. The first kappa shape index (κ1) is 19.9. The van der Waals surface area contributed by atoms with Crippen molar-refractivity contribution in [2.45, 2.75) is 32.4 Å². The summed E-state index contributed by atoms with van der Waals surface area (Å²) < 4.78 is 5.24. The van der Waals surface area contributed by atoms with Gasteiger partial charge in [0.15, 0.2) is 6.10 Å². The molecule has 1 fully saturated rings. The van der Waals surface area contributed by atoms with Crippen molar-refractivity contribution < 1.29 is 19.1 Å². The maximum absolute atomic E-state index is 12.3. The molecule has 1 aliphatic heterocycles. The quantitative estimate of drug-likeness (QED) is 0.751. The van der Waals surface area contributed by atoms with E-state index in [4.69, 9.17) is 16.3 Å². The number of amides is 2. The lowest BCUT2D eigenvalue weighted by Gasteiger charge is -2.16. The summed E-state index contributed by atoms with van der Waals surface area (Å²) in [6.45, 7) is 2.81. The Morgan fingerprint density at radius 1 is 1.14 bits per heavy atom. The molecule has 0 bridgehead atoms. The number of halogens is 1. The molecule has 2 amide bonds. The highest BCUT2D eigenvalue weighted by Crippen LogP contribution is 2.16. The van der Waals surface area contributed by atoms with Crippen LogP contribution in [0.3, 0.4) is 0 Å². The van der Waals surface area contributed by atoms with E-state index in [1.54, 1.807) is 53.4 Å². The van der Waals surface area contributed by atoms with Crippen LogP contribution in [0.1, 0.15) is 35.7 Å². The van der Waals surface area contributed by atoms with Gasteiger partial charge >= 0.3 is 5.97 Å². The van der Waals surface area contributed by atoms with Crippen molar-refractivity contribution in [1.82, 2.24) is 4.90 Å². The van der Waals surface area contributed by atoms with Crippen LogP contribution in [0, 0.1) is 0 Å². The fourth-order valence-electron chi connectivity index (χ4n) is 2.90. The van der Waals surface area contributed by atoms with E-state index >= 15 is 0 Å². The first-order valence-electron chi connectivity index (χ1n) is 9.06. The van der Waals surface area contributed by atoms with Crippen LogP contribution >= 0.6 is 11.6 Å². The van der Waals surface area contributed by atoms with Crippen LogP contribution in [0.25, 0.3) is 0 Å². The summed E-state index contributed by atoms with van der Waals surface area (Å²) in [5.41, 5.74) is 1.86. The number of carbonyl (C=O) groups is 3. The van der Waals surface area contributed by atoms with Crippen molar-refractivity contribution in [3.05, 3.63) is 64.7 Å². The van der Waals surface area contributed by atoms with Crippen LogP contribution in [0.15, 0.2) is 48.5 Å². The van der Waals surface area contributed by atoms with E-state index in [0.717, 1.165) is 18.5 Å². The zero-order valence-corrected chi connectivity index (χ0v) is 16.2. The molecule has 0 aromatic heterocycles. The first-order valence-corrected chi connectivity index (χ1v) is 9.44. The predicted molar refractivity (Wildman–Crippen MR) is 106 cm³/mol. The minimum Gasteiger partial charge on any atom is -0.449 e. The molecule has 3 rings (SSSR count). The molecular formula is C21H21ClN2O4. The fourth-order valence-corrected chi connectivity index (χ4v) is 3.02. The van der Waals surface area contributed by atoms with Crippen LogP contribution in [0.5, 0.6) is 0 Å². The van der Waals surface area contributed by atoms with E-state index in [1.807, 2.05) is 0 Å². The number of anilines is 1. The molecule has 146 valence electrons. The monoisotopic (exact) mass is 400 g/mol. The highest BCUT2D eigenvalue weighted by atomic mass is 35.5. The fraction of sp³-hybridized carbons (Fsp3) is 0.286. The first-order chi connectivity index (χ1) is 13.4. The third-order valence-corrected chi connectivity index (χ3v) is 4.75. The molecule has 2 aromatic carbocycles. The molecule has 7 heteroatoms. The molecule has 1 saturated heterocycles. The standard InChI is InChI=1S/C21H21ClN2O4/c1-14(20(26)23-18-10-8-17(22)9-11-18)28-21(27)16-6-4-15(5-7-16)13-24-12-2-3-19(24)25/h4-11,14H,2-3,12-13H2,1H3,(H,23,26)/t14-/m0/s1. The second-order valence-corrected chi connectivity index (χ2v) is 7.10. The Kier molecular flexibility index (Phi) is 6.31. The van der Waals surface area contributed by atoms with Crippen LogP contribution in [-0.2, 0) is 20.9 Å². The summed E-state index contributed by atoms with van der Waals surface area (Å²) in [4.78, 5) is 38.0. The van der Waals surface area contributed by atoms with Gasteiger partial charge < -0.3 is 15.0 Å². The third kappa shape index (κ3) is 5.10. The summed E-state index contributed by atoms with van der Waals surface area (Å²) in [7, 11) is 0. The third-order valence-electron chi connectivity index (χ3n) is 4.50. The van der Waals surface area contributed by atoms with Gasteiger partial charge in [0, 0.05) is 30.2 Å². The van der Waals surface area contributed by atoms with Crippen LogP contribution in [-0.4, -0.2) is 35.3 Å². The molecule has 0 spiro atoms. The van der Waals surface area contributed by atoms with Crippen LogP contribution < -0.4 is 5.32 Å². The van der Waals surface area contributed by atoms with Crippen molar-refractivity contribution >= 4 is 35.1 Å². The van der Waals surface area contributed by atoms with Gasteiger partial charge in [0.2, 0.25) is 5.91 Å². The molecule has 1 heterocycles. The van der Waals surface area contributed by atoms with E-state index in [0.29, 0.717) is 29.2 Å². The zero-order valence-electron chi connectivity index (χ0n) is 15.5. The summed E-state index contributed by atoms with van der Waals surface area (Å²) >= 11 is 5.81. The SMILES string of the molecule is C[C@H](OC(=O)c1ccc(CN2CCCC2=O)cc1)C(=O)Nc1ccc(Cl)cc1. The number of benzene rings is 2. The smallest absolute Gasteiger partial charge is 0.338 e. The van der Waals surface area contributed by atoms with Gasteiger partial charge in [-0.2, -0.15) is 0 Å². The van der Waals surface area contributed by atoms with Gasteiger partial charge in [0.1, 0.15) is 0 Å². The minimum absolute atomic E-state index is 0.156. The van der Waals surface area contributed by atoms with Crippen LogP contribution in [0.2, 0.25) is 5.02 Å². The van der Waals surface area contributed by atoms with Gasteiger partial charge in [-0.05, 0) is 55.3 Å². The van der Waals surface area contributed by atoms with Crippen molar-refractivity contribution in [2.75, 3.05) is 11.9 Å². The number of nitrogens with zero attached hydrogens (tertiary/aromatic N) is 1. The second-order valence-electron chi connectivity index (χ2n) is 6.66. The Labute approximate surface area is 168 Å². The van der Waals surface area contributed by atoms with Gasteiger partial charge in [0.25, 0.3) is 5.91 Å². The Bertz CT molecular complexity index is 865. The largest absolute Gasteiger partial charge is 0.449 e. The van der Waals surface area contributed by atoms with E-state index in [-0.39, 0.29) is 5.91 Å². The molecule has 0 aliphatic carbocycles. The predicted octanol–water partition coefficient (Wildman–Crippen LogP) is 3.65. The summed E-state index contributed by atoms with van der Waals surface area (Å²) in [6.07, 6.45) is 0.532. The van der Waals surface area contributed by atoms with Crippen molar-refractivity contribution in [3.8, 4) is 0 Å². The van der Waals surface area contributed by atoms with Gasteiger partial charge in [-0.1, -0.05) is 23.7 Å². The summed E-state index contributed by atoms with van der Waals surface area (Å²) in [5, 5.41) is 3.23. The van der Waals surface area contributed by atoms with Gasteiger partial charge in [-0.25, -0.2) is 4.79 Å². The Morgan fingerprint density at radius 3 is 2.43 bits per heavy atom. The Balaban J connectivity index is 1.53. The molecule has 0 saturated carbocycles. The van der Waals surface area contributed by atoms with Gasteiger partial charge in [0.05, 0.1) is 5.56 Å². The highest BCUT2D eigenvalue weighted by Gasteiger charge is 2.21. The molecule has 2 aromatic rings. The lowest BCUT2D eigenvalue weighted by Crippen LogP contribution is -2.30. The maximum atomic E-state index is 12.3. The number of nitrogens with one attached hydrogen (secondary N) is 1. The van der Waals surface area contributed by atoms with Crippen molar-refractivity contribution in [2.24, 2.45) is 0 Å². The molecule has 1 atom stereocenters. The number of hydrogen-bond acceptors (Lipinski definition) is 4. The Hall–Kier alpha value is -2.86. The molecule has 28 heavy (non-hydrogen) atoms. The van der Waals surface area contributed by atoms with E-state index in [1.165, 1.54) is 6.92 Å². The maximum Gasteiger partial charge on any atom is 0.338 e. The zero-order chi connectivity index (χ0) is 20.1. The number of esters is 1. The lowest BCUT2D eigenvalue weighted by molar-refractivity contribution is -0.128. The summed E-state index contributed by atoms with van der Waals surface area (Å²) in [6, 6.07) is 13.5. The number of hydrogen-bond donors (Lipinski definition) is 1. The number of rotatable bonds is 6. The number of carbonyl (C=O) groups excluding carboxylic acids is 3. The van der Waals surface area contributed by atoms with E-state index in [2.05, 4.69) is 5.32 Å². The van der Waals surface area contributed by atoms with Gasteiger partial charge in [-0.15, -0.1) is 0 Å². The average Bonchev–Trinajstić information content (AvgIpc) is 3.08. The number of likely N-dealkylation sites (tertiary alicyclic amines) is 1. The molecule has 6 nitrogen and oxygen atoms in total. The van der Waals surface area contributed by atoms with E-state index in [9.17, 15) is 14.4 Å². The Morgan fingerprint density at radius 2 is 1.82 bits per heavy atom. The van der Waals surface area contributed by atoms with Crippen molar-refractivity contribution in [3.63, 3.8) is 0 Å². The molecule has 1 aliphatic rings. The molecule has 1 N–H and O–H groups in total. The van der Waals surface area contributed by atoms with Crippen LogP contribution in [0.4, 0.5) is 5.69 Å². The van der Waals surface area contributed by atoms with E-state index < -0.39 is 18.0 Å². The normalized spacial score (nSPS) is 14.6. The topological polar surface area (TPSA) is 75.7 Å². The highest BCUT2D eigenvalue weighted by molar-refractivity contribution is 6.30. The molecule has 0 unspecified atom stereocenters. The minimum atomic E-state index is -0.954. The number of ether oxygens (including phenoxy) is 1. The second kappa shape index (κ2) is 8.89. The van der Waals surface area contributed by atoms with Crippen molar-refractivity contribution in [1.29, 1.82) is 0 Å². The van der Waals surface area contributed by atoms with Gasteiger partial charge in [-0.3, -0.25) is 9.59 Å². The summed E-state index contributed by atoms with van der Waals surface area (Å²) in [5.74, 6) is -0.855. The molecule has 0 radical (unpaired) electrons. The average molecular weight is 401 g/mol.